The van der Waals surface area contributed by atoms with Crippen molar-refractivity contribution in [3.63, 3.8) is 0 Å². The molecule has 0 unspecified atom stereocenters. The minimum absolute atomic E-state index is 0.416. The van der Waals surface area contributed by atoms with Gasteiger partial charge in [0.25, 0.3) is 0 Å². The average molecular weight is 281 g/mol. The summed E-state index contributed by atoms with van der Waals surface area (Å²) in [6, 6.07) is 2.61. The lowest BCUT2D eigenvalue weighted by atomic mass is 10.3. The molecule has 0 bridgehead atoms. The molecule has 104 valence electrons. The second-order valence-corrected chi connectivity index (χ2v) is 2.88. The molecule has 1 aromatic heterocycles. The van der Waals surface area contributed by atoms with Crippen LogP contribution in [-0.4, -0.2) is 33.3 Å². The predicted molar refractivity (Wildman–Crippen MR) is 54.6 cm³/mol. The molecule has 0 atom stereocenters. The van der Waals surface area contributed by atoms with Crippen molar-refractivity contribution < 1.29 is 37.4 Å². The van der Waals surface area contributed by atoms with Crippen LogP contribution in [0.15, 0.2) is 24.4 Å². The van der Waals surface area contributed by atoms with E-state index in [2.05, 4.69) is 4.98 Å². The van der Waals surface area contributed by atoms with Crippen LogP contribution in [0.3, 0.4) is 0 Å². The number of carbonyl (C=O) groups is 2. The standard InChI is InChI=1S/C8H6FNO2.C2HF3O2/c9-6-1-2-7(10-5-6)3-4-8(11)12;3-2(4,5)1(6)7/h1-5H,(H,11,12);(H,6,7). The first kappa shape index (κ1) is 16.6. The van der Waals surface area contributed by atoms with Crippen molar-refractivity contribution in [2.75, 3.05) is 0 Å². The third-order valence-electron chi connectivity index (χ3n) is 1.39. The minimum Gasteiger partial charge on any atom is -0.478 e. The van der Waals surface area contributed by atoms with Gasteiger partial charge < -0.3 is 10.2 Å². The molecule has 2 N–H and O–H groups in total. The van der Waals surface area contributed by atoms with Gasteiger partial charge in [-0.25, -0.2) is 14.0 Å². The van der Waals surface area contributed by atoms with Crippen molar-refractivity contribution in [2.45, 2.75) is 6.18 Å². The summed E-state index contributed by atoms with van der Waals surface area (Å²) < 4.78 is 44.0. The monoisotopic (exact) mass is 281 g/mol. The molecule has 0 aromatic carbocycles. The van der Waals surface area contributed by atoms with Crippen molar-refractivity contribution in [3.05, 3.63) is 35.9 Å². The van der Waals surface area contributed by atoms with Crippen LogP contribution in [0, 0.1) is 5.82 Å². The van der Waals surface area contributed by atoms with E-state index in [0.29, 0.717) is 5.69 Å². The Morgan fingerprint density at radius 1 is 1.21 bits per heavy atom. The van der Waals surface area contributed by atoms with Gasteiger partial charge in [-0.1, -0.05) is 0 Å². The third kappa shape index (κ3) is 8.30. The number of pyridine rings is 1. The smallest absolute Gasteiger partial charge is 0.478 e. The quantitative estimate of drug-likeness (QED) is 0.639. The second-order valence-electron chi connectivity index (χ2n) is 2.88. The van der Waals surface area contributed by atoms with Gasteiger partial charge in [0.05, 0.1) is 11.9 Å². The minimum atomic E-state index is -5.08. The number of hydrogen-bond donors (Lipinski definition) is 2. The fraction of sp³-hybridized carbons (Fsp3) is 0.100. The number of hydrogen-bond acceptors (Lipinski definition) is 3. The Hall–Kier alpha value is -2.45. The van der Waals surface area contributed by atoms with Crippen LogP contribution >= 0.6 is 0 Å². The Balaban J connectivity index is 0.000000399. The van der Waals surface area contributed by atoms with Crippen molar-refractivity contribution in [1.29, 1.82) is 0 Å². The highest BCUT2D eigenvalue weighted by molar-refractivity contribution is 5.84. The van der Waals surface area contributed by atoms with E-state index in [9.17, 15) is 22.4 Å². The van der Waals surface area contributed by atoms with Gasteiger partial charge in [0, 0.05) is 6.08 Å². The van der Waals surface area contributed by atoms with Gasteiger partial charge in [-0.05, 0) is 18.2 Å². The molecule has 0 fully saturated rings. The fourth-order valence-corrected chi connectivity index (χ4v) is 0.643. The summed E-state index contributed by atoms with van der Waals surface area (Å²) >= 11 is 0. The topological polar surface area (TPSA) is 87.5 Å². The first-order valence-corrected chi connectivity index (χ1v) is 4.45. The van der Waals surface area contributed by atoms with Gasteiger partial charge in [-0.2, -0.15) is 13.2 Å². The lowest BCUT2D eigenvalue weighted by molar-refractivity contribution is -0.192. The number of aliphatic carboxylic acids is 2. The lowest BCUT2D eigenvalue weighted by Gasteiger charge is -1.93. The summed E-state index contributed by atoms with van der Waals surface area (Å²) in [7, 11) is 0. The van der Waals surface area contributed by atoms with E-state index in [4.69, 9.17) is 15.0 Å². The highest BCUT2D eigenvalue weighted by atomic mass is 19.4. The average Bonchev–Trinajstić information content (AvgIpc) is 2.27. The van der Waals surface area contributed by atoms with Gasteiger partial charge >= 0.3 is 18.1 Å². The molecule has 1 heterocycles. The third-order valence-corrected chi connectivity index (χ3v) is 1.39. The molecule has 0 aliphatic carbocycles. The molecule has 5 nitrogen and oxygen atoms in total. The van der Waals surface area contributed by atoms with Gasteiger partial charge in [-0.3, -0.25) is 4.98 Å². The molecule has 1 aromatic rings. The summed E-state index contributed by atoms with van der Waals surface area (Å²) in [4.78, 5) is 22.6. The SMILES string of the molecule is O=C(O)C(F)(F)F.O=C(O)C=Cc1ccc(F)cn1. The zero-order chi connectivity index (χ0) is 15.1. The van der Waals surface area contributed by atoms with E-state index in [1.54, 1.807) is 0 Å². The van der Waals surface area contributed by atoms with E-state index in [-0.39, 0.29) is 0 Å². The highest BCUT2D eigenvalue weighted by Gasteiger charge is 2.38. The maximum Gasteiger partial charge on any atom is 0.490 e. The zero-order valence-electron chi connectivity index (χ0n) is 9.06. The summed E-state index contributed by atoms with van der Waals surface area (Å²) in [5, 5.41) is 15.4. The molecule has 0 saturated carbocycles. The molecule has 0 spiro atoms. The summed E-state index contributed by atoms with van der Waals surface area (Å²) in [6.07, 6.45) is -1.82. The molecular weight excluding hydrogens is 274 g/mol. The zero-order valence-corrected chi connectivity index (χ0v) is 9.06. The number of rotatable bonds is 2. The number of carboxylic acid groups (broad SMARTS) is 2. The molecule has 1 rings (SSSR count). The normalized spacial score (nSPS) is 10.7. The molecule has 0 radical (unpaired) electrons. The van der Waals surface area contributed by atoms with E-state index >= 15 is 0 Å². The molecular formula is C10H7F4NO4. The second kappa shape index (κ2) is 7.09. The van der Waals surface area contributed by atoms with Crippen LogP contribution in [0.25, 0.3) is 6.08 Å². The van der Waals surface area contributed by atoms with Crippen LogP contribution < -0.4 is 0 Å². The Morgan fingerprint density at radius 2 is 1.74 bits per heavy atom. The van der Waals surface area contributed by atoms with Crippen LogP contribution in [0.5, 0.6) is 0 Å². The number of aromatic nitrogens is 1. The van der Waals surface area contributed by atoms with Gasteiger partial charge in [0.2, 0.25) is 0 Å². The molecule has 0 saturated heterocycles. The largest absolute Gasteiger partial charge is 0.490 e. The van der Waals surface area contributed by atoms with Gasteiger partial charge in [0.1, 0.15) is 5.82 Å². The van der Waals surface area contributed by atoms with Crippen molar-refractivity contribution in [3.8, 4) is 0 Å². The van der Waals surface area contributed by atoms with Crippen LogP contribution in [0.1, 0.15) is 5.69 Å². The predicted octanol–water partition coefficient (Wildman–Crippen LogP) is 1.95. The maximum absolute atomic E-state index is 12.3. The fourth-order valence-electron chi connectivity index (χ4n) is 0.643. The maximum atomic E-state index is 12.3. The van der Waals surface area contributed by atoms with Crippen molar-refractivity contribution in [2.24, 2.45) is 0 Å². The Kier molecular flexibility index (Phi) is 6.17. The molecule has 0 aliphatic rings. The van der Waals surface area contributed by atoms with E-state index < -0.39 is 23.9 Å². The highest BCUT2D eigenvalue weighted by Crippen LogP contribution is 2.13. The number of nitrogens with zero attached hydrogens (tertiary/aromatic N) is 1. The van der Waals surface area contributed by atoms with E-state index in [1.165, 1.54) is 18.2 Å². The first-order chi connectivity index (χ1) is 8.62. The number of halogens is 4. The number of alkyl halides is 3. The Labute approximate surface area is 103 Å². The lowest BCUT2D eigenvalue weighted by Crippen LogP contribution is -2.21. The van der Waals surface area contributed by atoms with Crippen molar-refractivity contribution in [1.82, 2.24) is 4.98 Å². The summed E-state index contributed by atoms with van der Waals surface area (Å²) in [5.41, 5.74) is 0.416. The summed E-state index contributed by atoms with van der Waals surface area (Å²) in [6.45, 7) is 0. The first-order valence-electron chi connectivity index (χ1n) is 4.45. The molecule has 0 aliphatic heterocycles. The molecule has 9 heteroatoms. The Bertz CT molecular complexity index is 467. The molecule has 0 amide bonds. The van der Waals surface area contributed by atoms with Crippen LogP contribution in [0.2, 0.25) is 0 Å². The van der Waals surface area contributed by atoms with Crippen molar-refractivity contribution >= 4 is 18.0 Å². The van der Waals surface area contributed by atoms with E-state index in [1.807, 2.05) is 0 Å². The van der Waals surface area contributed by atoms with Gasteiger partial charge in [0.15, 0.2) is 0 Å². The van der Waals surface area contributed by atoms with Crippen LogP contribution in [0.4, 0.5) is 17.6 Å². The van der Waals surface area contributed by atoms with Crippen LogP contribution in [-0.2, 0) is 9.59 Å². The summed E-state index contributed by atoms with van der Waals surface area (Å²) in [5.74, 6) is -4.25. The molecule has 19 heavy (non-hydrogen) atoms. The van der Waals surface area contributed by atoms with E-state index in [0.717, 1.165) is 12.3 Å². The van der Waals surface area contributed by atoms with Gasteiger partial charge in [-0.15, -0.1) is 0 Å². The number of carboxylic acids is 2. The Morgan fingerprint density at radius 3 is 2.05 bits per heavy atom.